The molecule has 0 bridgehead atoms. The molecule has 0 atom stereocenters. The normalized spacial score (nSPS) is 11.3. The molecular formula is C21H22N2O3S. The van der Waals surface area contributed by atoms with E-state index in [1.807, 2.05) is 56.3 Å². The minimum absolute atomic E-state index is 0.187. The van der Waals surface area contributed by atoms with Crippen molar-refractivity contribution in [1.82, 2.24) is 4.72 Å². The van der Waals surface area contributed by atoms with Crippen LogP contribution < -0.4 is 15.2 Å². The monoisotopic (exact) mass is 382 g/mol. The molecule has 0 radical (unpaired) electrons. The second-order valence-corrected chi connectivity index (χ2v) is 8.18. The Balaban J connectivity index is 1.65. The second-order valence-electron chi connectivity index (χ2n) is 6.41. The van der Waals surface area contributed by atoms with Crippen LogP contribution in [0.2, 0.25) is 0 Å². The molecule has 3 N–H and O–H groups in total. The lowest BCUT2D eigenvalue weighted by Crippen LogP contribution is -2.23. The Kier molecular flexibility index (Phi) is 5.48. The number of nitrogens with one attached hydrogen (secondary N) is 1. The van der Waals surface area contributed by atoms with Crippen LogP contribution in [0.15, 0.2) is 71.6 Å². The highest BCUT2D eigenvalue weighted by molar-refractivity contribution is 7.89. The summed E-state index contributed by atoms with van der Waals surface area (Å²) in [5.41, 5.74) is 9.14. The van der Waals surface area contributed by atoms with E-state index in [2.05, 4.69) is 4.72 Å². The molecule has 0 unspecified atom stereocenters. The van der Waals surface area contributed by atoms with Crippen molar-refractivity contribution in [2.45, 2.75) is 25.3 Å². The van der Waals surface area contributed by atoms with Gasteiger partial charge in [0.25, 0.3) is 0 Å². The molecule has 0 amide bonds. The first kappa shape index (κ1) is 18.9. The Labute approximate surface area is 159 Å². The summed E-state index contributed by atoms with van der Waals surface area (Å²) in [5, 5.41) is 0. The molecular weight excluding hydrogens is 360 g/mol. The zero-order chi connectivity index (χ0) is 19.4. The molecule has 140 valence electrons. The van der Waals surface area contributed by atoms with Gasteiger partial charge in [0.2, 0.25) is 10.0 Å². The number of aryl methyl sites for hydroxylation is 2. The Morgan fingerprint density at radius 3 is 2.26 bits per heavy atom. The number of benzene rings is 3. The predicted molar refractivity (Wildman–Crippen MR) is 107 cm³/mol. The van der Waals surface area contributed by atoms with Gasteiger partial charge in [-0.05, 0) is 73.0 Å². The van der Waals surface area contributed by atoms with E-state index >= 15 is 0 Å². The summed E-state index contributed by atoms with van der Waals surface area (Å²) in [6, 6.07) is 19.5. The zero-order valence-electron chi connectivity index (χ0n) is 15.3. The molecule has 0 aliphatic rings. The molecule has 6 heteroatoms. The number of nitrogens with two attached hydrogens (primary N) is 1. The number of anilines is 1. The van der Waals surface area contributed by atoms with Crippen molar-refractivity contribution in [2.75, 3.05) is 5.73 Å². The lowest BCUT2D eigenvalue weighted by molar-refractivity contribution is 0.478. The van der Waals surface area contributed by atoms with Gasteiger partial charge >= 0.3 is 0 Å². The van der Waals surface area contributed by atoms with Gasteiger partial charge in [0, 0.05) is 12.2 Å². The summed E-state index contributed by atoms with van der Waals surface area (Å²) in [4.78, 5) is 0.187. The number of nitrogen functional groups attached to an aromatic ring is 1. The molecule has 0 aromatic heterocycles. The number of hydrogen-bond donors (Lipinski definition) is 2. The average Bonchev–Trinajstić information content (AvgIpc) is 2.65. The van der Waals surface area contributed by atoms with Gasteiger partial charge in [-0.1, -0.05) is 24.3 Å². The molecule has 3 rings (SSSR count). The molecule has 0 aliphatic carbocycles. The van der Waals surface area contributed by atoms with Gasteiger partial charge < -0.3 is 10.5 Å². The Morgan fingerprint density at radius 1 is 0.926 bits per heavy atom. The van der Waals surface area contributed by atoms with Crippen LogP contribution >= 0.6 is 0 Å². The molecule has 5 nitrogen and oxygen atoms in total. The number of sulfonamides is 1. The van der Waals surface area contributed by atoms with E-state index in [1.165, 1.54) is 12.1 Å². The molecule has 0 heterocycles. The van der Waals surface area contributed by atoms with Crippen LogP contribution in [0.3, 0.4) is 0 Å². The van der Waals surface area contributed by atoms with Gasteiger partial charge in [-0.15, -0.1) is 0 Å². The summed E-state index contributed by atoms with van der Waals surface area (Å²) in [5.74, 6) is 1.51. The van der Waals surface area contributed by atoms with Crippen molar-refractivity contribution >= 4 is 15.7 Å². The summed E-state index contributed by atoms with van der Waals surface area (Å²) in [6.07, 6.45) is 0. The van der Waals surface area contributed by atoms with Gasteiger partial charge in [0.05, 0.1) is 4.90 Å². The smallest absolute Gasteiger partial charge is 0.240 e. The minimum atomic E-state index is -3.58. The lowest BCUT2D eigenvalue weighted by atomic mass is 10.1. The summed E-state index contributed by atoms with van der Waals surface area (Å²) in [6.45, 7) is 4.20. The SMILES string of the molecule is Cc1ccc(C)c(Oc2ccc(CNS(=O)(=O)c3ccc(N)cc3)cc2)c1. The van der Waals surface area contributed by atoms with E-state index < -0.39 is 10.0 Å². The molecule has 0 fully saturated rings. The topological polar surface area (TPSA) is 81.4 Å². The first-order chi connectivity index (χ1) is 12.8. The third kappa shape index (κ3) is 4.87. The maximum absolute atomic E-state index is 12.3. The maximum atomic E-state index is 12.3. The third-order valence-electron chi connectivity index (χ3n) is 4.15. The fourth-order valence-corrected chi connectivity index (χ4v) is 3.55. The Bertz CT molecular complexity index is 1030. The van der Waals surface area contributed by atoms with Crippen LogP contribution in [0.4, 0.5) is 5.69 Å². The summed E-state index contributed by atoms with van der Waals surface area (Å²) in [7, 11) is -3.58. The largest absolute Gasteiger partial charge is 0.457 e. The van der Waals surface area contributed by atoms with Crippen molar-refractivity contribution in [3.63, 3.8) is 0 Å². The van der Waals surface area contributed by atoms with Crippen LogP contribution in [-0.4, -0.2) is 8.42 Å². The second kappa shape index (κ2) is 7.82. The number of hydrogen-bond acceptors (Lipinski definition) is 4. The van der Waals surface area contributed by atoms with E-state index in [1.54, 1.807) is 12.1 Å². The quantitative estimate of drug-likeness (QED) is 0.627. The first-order valence-electron chi connectivity index (χ1n) is 8.53. The Morgan fingerprint density at radius 2 is 1.59 bits per heavy atom. The van der Waals surface area contributed by atoms with Crippen LogP contribution in [0.1, 0.15) is 16.7 Å². The molecule has 3 aromatic rings. The standard InChI is InChI=1S/C21H22N2O3S/c1-15-3-4-16(2)21(13-15)26-19-9-5-17(6-10-19)14-23-27(24,25)20-11-7-18(22)8-12-20/h3-13,23H,14,22H2,1-2H3. The van der Waals surface area contributed by atoms with Crippen molar-refractivity contribution in [2.24, 2.45) is 0 Å². The van der Waals surface area contributed by atoms with Crippen LogP contribution in [0.5, 0.6) is 11.5 Å². The highest BCUT2D eigenvalue weighted by Crippen LogP contribution is 2.26. The van der Waals surface area contributed by atoms with Crippen LogP contribution in [0, 0.1) is 13.8 Å². The predicted octanol–water partition coefficient (Wildman–Crippen LogP) is 4.16. The van der Waals surface area contributed by atoms with Gasteiger partial charge in [-0.3, -0.25) is 0 Å². The fraction of sp³-hybridized carbons (Fsp3) is 0.143. The van der Waals surface area contributed by atoms with Crippen LogP contribution in [0.25, 0.3) is 0 Å². The van der Waals surface area contributed by atoms with Crippen molar-refractivity contribution in [3.8, 4) is 11.5 Å². The van der Waals surface area contributed by atoms with E-state index in [0.717, 1.165) is 22.4 Å². The van der Waals surface area contributed by atoms with E-state index in [9.17, 15) is 8.42 Å². The Hall–Kier alpha value is -2.83. The van der Waals surface area contributed by atoms with Crippen LogP contribution in [-0.2, 0) is 16.6 Å². The molecule has 27 heavy (non-hydrogen) atoms. The molecule has 0 aliphatic heterocycles. The molecule has 0 spiro atoms. The fourth-order valence-electron chi connectivity index (χ4n) is 2.53. The molecule has 3 aromatic carbocycles. The maximum Gasteiger partial charge on any atom is 0.240 e. The molecule has 0 saturated heterocycles. The number of rotatable bonds is 6. The van der Waals surface area contributed by atoms with E-state index in [-0.39, 0.29) is 11.4 Å². The lowest BCUT2D eigenvalue weighted by Gasteiger charge is -2.11. The highest BCUT2D eigenvalue weighted by Gasteiger charge is 2.13. The van der Waals surface area contributed by atoms with Gasteiger partial charge in [-0.2, -0.15) is 0 Å². The van der Waals surface area contributed by atoms with E-state index in [0.29, 0.717) is 11.4 Å². The zero-order valence-corrected chi connectivity index (χ0v) is 16.1. The first-order valence-corrected chi connectivity index (χ1v) is 10.0. The van der Waals surface area contributed by atoms with Crippen molar-refractivity contribution in [1.29, 1.82) is 0 Å². The van der Waals surface area contributed by atoms with Gasteiger partial charge in [0.1, 0.15) is 11.5 Å². The summed E-state index contributed by atoms with van der Waals surface area (Å²) >= 11 is 0. The summed E-state index contributed by atoms with van der Waals surface area (Å²) < 4.78 is 33.1. The van der Waals surface area contributed by atoms with Gasteiger partial charge in [-0.25, -0.2) is 13.1 Å². The van der Waals surface area contributed by atoms with E-state index in [4.69, 9.17) is 10.5 Å². The average molecular weight is 382 g/mol. The van der Waals surface area contributed by atoms with Crippen molar-refractivity contribution < 1.29 is 13.2 Å². The van der Waals surface area contributed by atoms with Crippen molar-refractivity contribution in [3.05, 3.63) is 83.4 Å². The number of ether oxygens (including phenoxy) is 1. The highest BCUT2D eigenvalue weighted by atomic mass is 32.2. The minimum Gasteiger partial charge on any atom is -0.457 e. The van der Waals surface area contributed by atoms with Gasteiger partial charge in [0.15, 0.2) is 0 Å². The molecule has 0 saturated carbocycles. The third-order valence-corrected chi connectivity index (χ3v) is 5.57.